The zero-order valence-electron chi connectivity index (χ0n) is 11.7. The van der Waals surface area contributed by atoms with Gasteiger partial charge in [0.25, 0.3) is 5.91 Å². The number of nitrogens with one attached hydrogen (secondary N) is 1. The molecule has 0 radical (unpaired) electrons. The van der Waals surface area contributed by atoms with Crippen LogP contribution in [0.5, 0.6) is 5.75 Å². The quantitative estimate of drug-likeness (QED) is 0.830. The van der Waals surface area contributed by atoms with E-state index in [9.17, 15) is 4.79 Å². The Morgan fingerprint density at radius 1 is 1.45 bits per heavy atom. The van der Waals surface area contributed by atoms with Crippen LogP contribution in [0.2, 0.25) is 0 Å². The number of aromatic nitrogens is 1. The second kappa shape index (κ2) is 5.64. The third-order valence-electron chi connectivity index (χ3n) is 2.85. The number of nitrogen functional groups attached to an aromatic ring is 1. The van der Waals surface area contributed by atoms with Crippen LogP contribution < -0.4 is 15.8 Å². The Kier molecular flexibility index (Phi) is 3.93. The summed E-state index contributed by atoms with van der Waals surface area (Å²) in [5.41, 5.74) is 7.71. The average molecular weight is 275 g/mol. The summed E-state index contributed by atoms with van der Waals surface area (Å²) in [6.45, 7) is 3.73. The Balaban J connectivity index is 2.11. The average Bonchev–Trinajstić information content (AvgIpc) is 2.75. The smallest absolute Gasteiger partial charge is 0.289 e. The number of ether oxygens (including phenoxy) is 1. The number of methoxy groups -OCH3 is 1. The summed E-state index contributed by atoms with van der Waals surface area (Å²) in [4.78, 5) is 16.1. The van der Waals surface area contributed by atoms with Crippen molar-refractivity contribution in [2.75, 3.05) is 12.8 Å². The minimum atomic E-state index is -0.312. The van der Waals surface area contributed by atoms with Gasteiger partial charge < -0.3 is 20.2 Å². The van der Waals surface area contributed by atoms with Crippen molar-refractivity contribution in [3.05, 3.63) is 41.1 Å². The van der Waals surface area contributed by atoms with Crippen LogP contribution >= 0.6 is 0 Å². The fourth-order valence-corrected chi connectivity index (χ4v) is 1.93. The van der Waals surface area contributed by atoms with E-state index in [-0.39, 0.29) is 11.7 Å². The van der Waals surface area contributed by atoms with Crippen LogP contribution in [0, 0.1) is 13.8 Å². The van der Waals surface area contributed by atoms with Crippen LogP contribution in [-0.2, 0) is 6.54 Å². The van der Waals surface area contributed by atoms with E-state index >= 15 is 0 Å². The van der Waals surface area contributed by atoms with Crippen LogP contribution in [0.4, 0.5) is 5.69 Å². The number of carbonyl (C=O) groups is 1. The predicted molar refractivity (Wildman–Crippen MR) is 74.6 cm³/mol. The number of rotatable bonds is 4. The van der Waals surface area contributed by atoms with Crippen molar-refractivity contribution in [1.82, 2.24) is 10.3 Å². The molecule has 1 aromatic carbocycles. The van der Waals surface area contributed by atoms with Gasteiger partial charge in [-0.2, -0.15) is 0 Å². The minimum Gasteiger partial charge on any atom is -0.496 e. The molecular formula is C14H17N3O3. The van der Waals surface area contributed by atoms with Gasteiger partial charge in [0, 0.05) is 24.7 Å². The van der Waals surface area contributed by atoms with Gasteiger partial charge in [0.15, 0.2) is 5.89 Å². The summed E-state index contributed by atoms with van der Waals surface area (Å²) in [7, 11) is 1.57. The molecule has 6 nitrogen and oxygen atoms in total. The van der Waals surface area contributed by atoms with Crippen molar-refractivity contribution in [1.29, 1.82) is 0 Å². The van der Waals surface area contributed by atoms with Gasteiger partial charge in [-0.3, -0.25) is 4.79 Å². The fourth-order valence-electron chi connectivity index (χ4n) is 1.93. The predicted octanol–water partition coefficient (Wildman–Crippen LogP) is 1.81. The Hall–Kier alpha value is -2.50. The number of hydrogen-bond acceptors (Lipinski definition) is 5. The van der Waals surface area contributed by atoms with Crippen molar-refractivity contribution >= 4 is 11.6 Å². The highest BCUT2D eigenvalue weighted by Crippen LogP contribution is 2.21. The SMILES string of the molecule is COc1ccc(N)cc1CNC(=O)c1oc(C)nc1C. The lowest BCUT2D eigenvalue weighted by Gasteiger charge is -2.10. The number of oxazole rings is 1. The van der Waals surface area contributed by atoms with E-state index in [0.717, 1.165) is 5.56 Å². The monoisotopic (exact) mass is 275 g/mol. The zero-order valence-corrected chi connectivity index (χ0v) is 11.7. The maximum atomic E-state index is 12.0. The van der Waals surface area contributed by atoms with Crippen LogP contribution in [0.25, 0.3) is 0 Å². The van der Waals surface area contributed by atoms with Gasteiger partial charge in [0.2, 0.25) is 5.76 Å². The molecule has 0 aliphatic carbocycles. The molecule has 0 unspecified atom stereocenters. The van der Waals surface area contributed by atoms with Gasteiger partial charge in [-0.25, -0.2) is 4.98 Å². The van der Waals surface area contributed by atoms with Crippen molar-refractivity contribution in [2.24, 2.45) is 0 Å². The second-order valence-electron chi connectivity index (χ2n) is 4.40. The first kappa shape index (κ1) is 13.9. The van der Waals surface area contributed by atoms with E-state index in [0.29, 0.717) is 29.6 Å². The van der Waals surface area contributed by atoms with Gasteiger partial charge in [0.1, 0.15) is 5.75 Å². The standard InChI is InChI=1S/C14H17N3O3/c1-8-13(20-9(2)17-8)14(18)16-7-10-6-11(15)4-5-12(10)19-3/h4-6H,7,15H2,1-3H3,(H,16,18). The number of benzene rings is 1. The molecule has 1 heterocycles. The van der Waals surface area contributed by atoms with Crippen LogP contribution in [0.3, 0.4) is 0 Å². The first-order valence-electron chi connectivity index (χ1n) is 6.16. The molecule has 2 rings (SSSR count). The zero-order chi connectivity index (χ0) is 14.7. The summed E-state index contributed by atoms with van der Waals surface area (Å²) in [6.07, 6.45) is 0. The van der Waals surface area contributed by atoms with Crippen LogP contribution in [-0.4, -0.2) is 18.0 Å². The molecule has 6 heteroatoms. The minimum absolute atomic E-state index is 0.227. The summed E-state index contributed by atoms with van der Waals surface area (Å²) in [5.74, 6) is 1.05. The second-order valence-corrected chi connectivity index (χ2v) is 4.40. The molecule has 1 aromatic heterocycles. The van der Waals surface area contributed by atoms with Crippen molar-refractivity contribution in [2.45, 2.75) is 20.4 Å². The maximum Gasteiger partial charge on any atom is 0.289 e. The van der Waals surface area contributed by atoms with Crippen LogP contribution in [0.1, 0.15) is 27.7 Å². The lowest BCUT2D eigenvalue weighted by atomic mass is 10.1. The first-order chi connectivity index (χ1) is 9.51. The van der Waals surface area contributed by atoms with Gasteiger partial charge in [-0.05, 0) is 25.1 Å². The van der Waals surface area contributed by atoms with Crippen molar-refractivity contribution < 1.29 is 13.9 Å². The molecular weight excluding hydrogens is 258 g/mol. The van der Waals surface area contributed by atoms with E-state index in [2.05, 4.69) is 10.3 Å². The molecule has 0 bridgehead atoms. The number of nitrogens with two attached hydrogens (primary N) is 1. The normalized spacial score (nSPS) is 10.3. The lowest BCUT2D eigenvalue weighted by molar-refractivity contribution is 0.0920. The maximum absolute atomic E-state index is 12.0. The van der Waals surface area contributed by atoms with Crippen LogP contribution in [0.15, 0.2) is 22.6 Å². The summed E-state index contributed by atoms with van der Waals surface area (Å²) in [5, 5.41) is 2.76. The number of carbonyl (C=O) groups excluding carboxylic acids is 1. The van der Waals surface area contributed by atoms with Crippen molar-refractivity contribution in [3.8, 4) is 5.75 Å². The molecule has 0 aliphatic heterocycles. The third kappa shape index (κ3) is 2.90. The fraction of sp³-hybridized carbons (Fsp3) is 0.286. The summed E-state index contributed by atoms with van der Waals surface area (Å²) >= 11 is 0. The Morgan fingerprint density at radius 3 is 2.80 bits per heavy atom. The highest BCUT2D eigenvalue weighted by molar-refractivity contribution is 5.92. The number of amides is 1. The molecule has 20 heavy (non-hydrogen) atoms. The molecule has 0 saturated carbocycles. The van der Waals surface area contributed by atoms with Gasteiger partial charge in [-0.15, -0.1) is 0 Å². The Morgan fingerprint density at radius 2 is 2.20 bits per heavy atom. The molecule has 0 spiro atoms. The van der Waals surface area contributed by atoms with E-state index in [1.165, 1.54) is 0 Å². The van der Waals surface area contributed by atoms with E-state index in [4.69, 9.17) is 14.9 Å². The van der Waals surface area contributed by atoms with Crippen molar-refractivity contribution in [3.63, 3.8) is 0 Å². The number of aryl methyl sites for hydroxylation is 2. The first-order valence-corrected chi connectivity index (χ1v) is 6.16. The molecule has 1 amide bonds. The molecule has 0 atom stereocenters. The summed E-state index contributed by atoms with van der Waals surface area (Å²) in [6, 6.07) is 5.27. The Labute approximate surface area is 116 Å². The highest BCUT2D eigenvalue weighted by atomic mass is 16.5. The third-order valence-corrected chi connectivity index (χ3v) is 2.85. The topological polar surface area (TPSA) is 90.4 Å². The molecule has 106 valence electrons. The van der Waals surface area contributed by atoms with Gasteiger partial charge in [-0.1, -0.05) is 0 Å². The van der Waals surface area contributed by atoms with E-state index in [1.54, 1.807) is 39.2 Å². The molecule has 0 aliphatic rings. The lowest BCUT2D eigenvalue weighted by Crippen LogP contribution is -2.23. The highest BCUT2D eigenvalue weighted by Gasteiger charge is 2.16. The van der Waals surface area contributed by atoms with Gasteiger partial charge in [0.05, 0.1) is 12.8 Å². The van der Waals surface area contributed by atoms with E-state index < -0.39 is 0 Å². The molecule has 0 fully saturated rings. The number of anilines is 1. The molecule has 0 saturated heterocycles. The molecule has 3 N–H and O–H groups in total. The molecule has 2 aromatic rings. The largest absolute Gasteiger partial charge is 0.496 e. The Bertz CT molecular complexity index is 635. The van der Waals surface area contributed by atoms with Gasteiger partial charge >= 0.3 is 0 Å². The number of hydrogen-bond donors (Lipinski definition) is 2. The summed E-state index contributed by atoms with van der Waals surface area (Å²) < 4.78 is 10.5. The van der Waals surface area contributed by atoms with E-state index in [1.807, 2.05) is 0 Å². The number of nitrogens with zero attached hydrogens (tertiary/aromatic N) is 1.